The number of anilines is 3. The van der Waals surface area contributed by atoms with Gasteiger partial charge in [-0.15, -0.1) is 0 Å². The lowest BCUT2D eigenvalue weighted by Gasteiger charge is -2.43. The van der Waals surface area contributed by atoms with Crippen molar-refractivity contribution in [1.82, 2.24) is 24.8 Å². The van der Waals surface area contributed by atoms with Crippen LogP contribution < -0.4 is 15.0 Å². The molecule has 13 heteroatoms. The average molecular weight is 577 g/mol. The van der Waals surface area contributed by atoms with E-state index in [-0.39, 0.29) is 18.7 Å². The molecule has 3 saturated heterocycles. The van der Waals surface area contributed by atoms with Crippen LogP contribution in [-0.4, -0.2) is 102 Å². The Bertz CT molecular complexity index is 1460. The zero-order valence-corrected chi connectivity index (χ0v) is 22.8. The van der Waals surface area contributed by atoms with Crippen LogP contribution in [0.2, 0.25) is 0 Å². The maximum absolute atomic E-state index is 12.7. The molecule has 1 atom stereocenters. The summed E-state index contributed by atoms with van der Waals surface area (Å²) in [4.78, 5) is 30.5. The van der Waals surface area contributed by atoms with Gasteiger partial charge in [0.25, 0.3) is 5.91 Å². The van der Waals surface area contributed by atoms with Gasteiger partial charge >= 0.3 is 6.43 Å². The minimum Gasteiger partial charge on any atom is -0.487 e. The Morgan fingerprint density at radius 1 is 1.07 bits per heavy atom. The van der Waals surface area contributed by atoms with Gasteiger partial charge in [-0.1, -0.05) is 0 Å². The summed E-state index contributed by atoms with van der Waals surface area (Å²) in [6.45, 7) is 5.94. The lowest BCUT2D eigenvalue weighted by molar-refractivity contribution is -0.141. The highest BCUT2D eigenvalue weighted by atomic mass is 19.3. The van der Waals surface area contributed by atoms with Gasteiger partial charge in [-0.2, -0.15) is 19.0 Å². The van der Waals surface area contributed by atoms with Crippen molar-refractivity contribution < 1.29 is 23.0 Å². The van der Waals surface area contributed by atoms with E-state index < -0.39 is 18.4 Å². The van der Waals surface area contributed by atoms with Crippen molar-refractivity contribution in [3.63, 3.8) is 0 Å². The van der Waals surface area contributed by atoms with Crippen LogP contribution in [0.15, 0.2) is 48.8 Å². The number of nitrogens with one attached hydrogen (secondary N) is 1. The Labute approximate surface area is 241 Å². The van der Waals surface area contributed by atoms with Crippen molar-refractivity contribution in [2.75, 3.05) is 62.7 Å². The number of halogens is 2. The Kier molecular flexibility index (Phi) is 8.07. The van der Waals surface area contributed by atoms with Crippen LogP contribution in [-0.2, 0) is 9.53 Å². The fraction of sp³-hybridized carbons (Fsp3) is 0.414. The van der Waals surface area contributed by atoms with Crippen LogP contribution in [0.1, 0.15) is 12.0 Å². The average Bonchev–Trinajstić information content (AvgIpc) is 3.45. The first-order valence-corrected chi connectivity index (χ1v) is 13.9. The van der Waals surface area contributed by atoms with Gasteiger partial charge in [-0.05, 0) is 42.5 Å². The third-order valence-electron chi connectivity index (χ3n) is 7.81. The second-order valence-corrected chi connectivity index (χ2v) is 10.5. The van der Waals surface area contributed by atoms with Gasteiger partial charge < -0.3 is 24.6 Å². The molecule has 2 aromatic carbocycles. The largest absolute Gasteiger partial charge is 0.487 e. The number of nitrogens with zero attached hydrogens (tertiary/aromatic N) is 7. The highest BCUT2D eigenvalue weighted by molar-refractivity contribution is 5.79. The van der Waals surface area contributed by atoms with Crippen LogP contribution in [0, 0.1) is 11.3 Å². The molecule has 218 valence electrons. The van der Waals surface area contributed by atoms with Crippen LogP contribution in [0.25, 0.3) is 11.4 Å². The van der Waals surface area contributed by atoms with E-state index in [0.29, 0.717) is 35.5 Å². The molecular formula is C29H30F2N8O3. The smallest absolute Gasteiger partial charge is 0.315 e. The summed E-state index contributed by atoms with van der Waals surface area (Å²) in [5.74, 6) is -0.168. The molecule has 1 aromatic heterocycles. The second kappa shape index (κ2) is 12.2. The molecule has 3 fully saturated rings. The van der Waals surface area contributed by atoms with Gasteiger partial charge in [0.05, 0.1) is 31.4 Å². The van der Waals surface area contributed by atoms with Gasteiger partial charge in [-0.25, -0.2) is 9.97 Å². The second-order valence-electron chi connectivity index (χ2n) is 10.5. The van der Waals surface area contributed by atoms with Gasteiger partial charge in [0.2, 0.25) is 5.95 Å². The van der Waals surface area contributed by atoms with Gasteiger partial charge in [0.15, 0.2) is 5.82 Å². The molecule has 3 aliphatic rings. The number of rotatable bonds is 8. The normalized spacial score (nSPS) is 19.4. The molecular weight excluding hydrogens is 546 g/mol. The van der Waals surface area contributed by atoms with Crippen molar-refractivity contribution in [3.05, 3.63) is 54.4 Å². The fourth-order valence-corrected chi connectivity index (χ4v) is 5.36. The predicted molar refractivity (Wildman–Crippen MR) is 150 cm³/mol. The van der Waals surface area contributed by atoms with Crippen molar-refractivity contribution in [2.24, 2.45) is 0 Å². The summed E-state index contributed by atoms with van der Waals surface area (Å²) in [5.41, 5.74) is 2.84. The van der Waals surface area contributed by atoms with E-state index in [1.807, 2.05) is 12.1 Å². The van der Waals surface area contributed by atoms with Gasteiger partial charge in [-0.3, -0.25) is 9.69 Å². The first-order valence-electron chi connectivity index (χ1n) is 13.9. The van der Waals surface area contributed by atoms with Crippen molar-refractivity contribution in [2.45, 2.75) is 25.0 Å². The minimum absolute atomic E-state index is 0.0478. The Morgan fingerprint density at radius 2 is 1.86 bits per heavy atom. The number of nitriles is 1. The number of ether oxygens (including phenoxy) is 2. The molecule has 0 saturated carbocycles. The molecule has 0 radical (unpaired) electrons. The number of carbonyl (C=O) groups is 1. The summed E-state index contributed by atoms with van der Waals surface area (Å²) in [6.07, 6.45) is -1.72. The molecule has 1 unspecified atom stereocenters. The zero-order chi connectivity index (χ0) is 29.1. The molecule has 0 spiro atoms. The van der Waals surface area contributed by atoms with E-state index in [9.17, 15) is 18.8 Å². The highest BCUT2D eigenvalue weighted by Crippen LogP contribution is 2.28. The fourth-order valence-electron chi connectivity index (χ4n) is 5.36. The molecule has 0 bridgehead atoms. The van der Waals surface area contributed by atoms with Crippen molar-refractivity contribution in [1.29, 1.82) is 5.26 Å². The molecule has 42 heavy (non-hydrogen) atoms. The maximum Gasteiger partial charge on any atom is 0.315 e. The summed E-state index contributed by atoms with van der Waals surface area (Å²) < 4.78 is 36.7. The summed E-state index contributed by atoms with van der Waals surface area (Å²) >= 11 is 0. The van der Waals surface area contributed by atoms with E-state index >= 15 is 0 Å². The third kappa shape index (κ3) is 6.09. The Morgan fingerprint density at radius 3 is 2.55 bits per heavy atom. The standard InChI is InChI=1S/C29H30F2N8O3/c30-26(31)28(40)39-8-7-24(15-39)42-25-6-1-19(13-20(25)14-32)27-33-18-34-29(36-27)35-21-2-4-22(5-3-21)37-9-11-38(12-10-37)23-16-41-17-23/h1-6,13,18,23-24,26H,7-12,15-17H2,(H,33,34,35,36). The van der Waals surface area contributed by atoms with Gasteiger partial charge in [0.1, 0.15) is 24.3 Å². The number of piperazine rings is 1. The topological polar surface area (TPSA) is 120 Å². The van der Waals surface area contributed by atoms with E-state index in [1.54, 1.807) is 18.2 Å². The molecule has 11 nitrogen and oxygen atoms in total. The number of alkyl halides is 2. The Balaban J connectivity index is 1.08. The van der Waals surface area contributed by atoms with E-state index in [4.69, 9.17) is 9.47 Å². The number of likely N-dealkylation sites (tertiary alicyclic amines) is 1. The van der Waals surface area contributed by atoms with Crippen LogP contribution in [0.4, 0.5) is 26.1 Å². The Hall–Kier alpha value is -4.41. The third-order valence-corrected chi connectivity index (χ3v) is 7.81. The summed E-state index contributed by atoms with van der Waals surface area (Å²) in [7, 11) is 0. The summed E-state index contributed by atoms with van der Waals surface area (Å²) in [6, 6.07) is 15.8. The molecule has 6 rings (SSSR count). The number of aromatic nitrogens is 3. The van der Waals surface area contributed by atoms with Gasteiger partial charge in [0, 0.05) is 56.1 Å². The lowest BCUT2D eigenvalue weighted by Crippen LogP contribution is -2.56. The SMILES string of the molecule is N#Cc1cc(-c2ncnc(Nc3ccc(N4CCN(C5COC5)CC4)cc3)n2)ccc1OC1CCN(C(=O)C(F)F)C1. The van der Waals surface area contributed by atoms with Crippen LogP contribution >= 0.6 is 0 Å². The maximum atomic E-state index is 12.7. The first kappa shape index (κ1) is 27.7. The molecule has 1 amide bonds. The highest BCUT2D eigenvalue weighted by Gasteiger charge is 2.32. The quantitative estimate of drug-likeness (QED) is 0.429. The van der Waals surface area contributed by atoms with Crippen LogP contribution in [0.5, 0.6) is 5.75 Å². The van der Waals surface area contributed by atoms with E-state index in [0.717, 1.165) is 50.0 Å². The van der Waals surface area contributed by atoms with E-state index in [1.165, 1.54) is 12.0 Å². The van der Waals surface area contributed by atoms with Crippen LogP contribution in [0.3, 0.4) is 0 Å². The minimum atomic E-state index is -3.05. The monoisotopic (exact) mass is 576 g/mol. The van der Waals surface area contributed by atoms with E-state index in [2.05, 4.69) is 48.3 Å². The summed E-state index contributed by atoms with van der Waals surface area (Å²) in [5, 5.41) is 12.9. The number of carbonyl (C=O) groups excluding carboxylic acids is 1. The predicted octanol–water partition coefficient (Wildman–Crippen LogP) is 2.92. The zero-order valence-electron chi connectivity index (χ0n) is 22.8. The first-order chi connectivity index (χ1) is 20.5. The molecule has 1 N–H and O–H groups in total. The number of benzene rings is 2. The number of hydrogen-bond acceptors (Lipinski definition) is 10. The number of amides is 1. The molecule has 0 aliphatic carbocycles. The number of hydrogen-bond donors (Lipinski definition) is 1. The molecule has 3 aromatic rings. The van der Waals surface area contributed by atoms with Crippen molar-refractivity contribution >= 4 is 23.2 Å². The van der Waals surface area contributed by atoms with Crippen molar-refractivity contribution in [3.8, 4) is 23.2 Å². The lowest BCUT2D eigenvalue weighted by atomic mass is 10.1. The molecule has 4 heterocycles. The molecule has 3 aliphatic heterocycles.